The number of isocyanates is 1. The van der Waals surface area contributed by atoms with Gasteiger partial charge in [0.25, 0.3) is 0 Å². The molecule has 2 nitrogen and oxygen atoms in total. The van der Waals surface area contributed by atoms with Crippen molar-refractivity contribution in [3.63, 3.8) is 0 Å². The van der Waals surface area contributed by atoms with Crippen LogP contribution in [0.15, 0.2) is 29.3 Å². The van der Waals surface area contributed by atoms with Gasteiger partial charge in [-0.1, -0.05) is 6.07 Å². The van der Waals surface area contributed by atoms with Crippen LogP contribution in [-0.4, -0.2) is 17.0 Å². The van der Waals surface area contributed by atoms with Crippen LogP contribution < -0.4 is 0 Å². The van der Waals surface area contributed by atoms with Crippen molar-refractivity contribution in [2.24, 2.45) is 4.99 Å². The smallest absolute Gasteiger partial charge is 0.211 e. The van der Waals surface area contributed by atoms with E-state index in [0.717, 1.165) is 12.1 Å². The van der Waals surface area contributed by atoms with Crippen molar-refractivity contribution < 1.29 is 18.0 Å². The van der Waals surface area contributed by atoms with Crippen molar-refractivity contribution in [1.29, 1.82) is 0 Å². The summed E-state index contributed by atoms with van der Waals surface area (Å²) in [6, 6.07) is 4.16. The van der Waals surface area contributed by atoms with E-state index in [9.17, 15) is 18.0 Å². The van der Waals surface area contributed by atoms with Gasteiger partial charge in [-0.25, -0.2) is 4.79 Å². The summed E-state index contributed by atoms with van der Waals surface area (Å²) in [6.07, 6.45) is -3.24. The van der Waals surface area contributed by atoms with Crippen molar-refractivity contribution in [2.45, 2.75) is 6.18 Å². The third kappa shape index (κ3) is 3.16. The number of aliphatic imine (C=N–C) groups is 1. The highest BCUT2D eigenvalue weighted by molar-refractivity contribution is 5.75. The summed E-state index contributed by atoms with van der Waals surface area (Å²) in [5, 5.41) is 0. The van der Waals surface area contributed by atoms with Gasteiger partial charge in [0.2, 0.25) is 6.08 Å². The topological polar surface area (TPSA) is 29.4 Å². The van der Waals surface area contributed by atoms with Crippen molar-refractivity contribution in [1.82, 2.24) is 0 Å². The molecule has 0 aromatic heterocycles. The Hall–Kier alpha value is -1.39. The highest BCUT2D eigenvalue weighted by atomic mass is 28.1. The molecule has 0 spiro atoms. The fourth-order valence-corrected chi connectivity index (χ4v) is 0.804. The van der Waals surface area contributed by atoms with Crippen LogP contribution in [0.2, 0.25) is 0 Å². The van der Waals surface area contributed by atoms with Gasteiger partial charge in [-0.3, -0.25) is 0 Å². The molecule has 14 heavy (non-hydrogen) atoms. The minimum absolute atomic E-state index is 0. The van der Waals surface area contributed by atoms with Crippen LogP contribution in [0, 0.1) is 0 Å². The Morgan fingerprint density at radius 1 is 1.29 bits per heavy atom. The Labute approximate surface area is 82.5 Å². The van der Waals surface area contributed by atoms with E-state index >= 15 is 0 Å². The van der Waals surface area contributed by atoms with Gasteiger partial charge in [0, 0.05) is 0 Å². The summed E-state index contributed by atoms with van der Waals surface area (Å²) in [5.41, 5.74) is -0.881. The van der Waals surface area contributed by atoms with Crippen LogP contribution >= 0.6 is 0 Å². The molecule has 0 saturated carbocycles. The Bertz CT molecular complexity index is 358. The zero-order valence-corrected chi connectivity index (χ0v) is 6.30. The first-order chi connectivity index (χ1) is 6.04. The van der Waals surface area contributed by atoms with Gasteiger partial charge in [-0.15, -0.1) is 0 Å². The van der Waals surface area contributed by atoms with E-state index in [2.05, 4.69) is 4.99 Å². The van der Waals surface area contributed by atoms with Crippen LogP contribution in [0.4, 0.5) is 18.9 Å². The first kappa shape index (κ1) is 12.6. The van der Waals surface area contributed by atoms with Gasteiger partial charge < -0.3 is 0 Å². The molecule has 1 aromatic carbocycles. The van der Waals surface area contributed by atoms with Gasteiger partial charge in [-0.05, 0) is 29.2 Å². The van der Waals surface area contributed by atoms with E-state index in [4.69, 9.17) is 0 Å². The number of halogens is 3. The second-order valence-electron chi connectivity index (χ2n) is 2.25. The second-order valence-corrected chi connectivity index (χ2v) is 2.25. The minimum atomic E-state index is -4.41. The zero-order chi connectivity index (χ0) is 9.90. The quantitative estimate of drug-likeness (QED) is 0.397. The maximum absolute atomic E-state index is 12.1. The first-order valence-electron chi connectivity index (χ1n) is 3.29. The lowest BCUT2D eigenvalue weighted by Crippen LogP contribution is -2.03. The molecule has 0 N–H and O–H groups in total. The van der Waals surface area contributed by atoms with E-state index in [0.29, 0.717) is 0 Å². The zero-order valence-electron chi connectivity index (χ0n) is 6.30. The molecule has 0 radical (unpaired) electrons. The number of alkyl halides is 3. The largest absolute Gasteiger partial charge is 0.416 e. The van der Waals surface area contributed by atoms with E-state index in [1.165, 1.54) is 18.2 Å². The third-order valence-electron chi connectivity index (χ3n) is 1.35. The number of carbonyl (C=O) groups excluding carboxylic acids is 1. The first-order valence-corrected chi connectivity index (χ1v) is 3.29. The summed E-state index contributed by atoms with van der Waals surface area (Å²) in [4.78, 5) is 12.8. The maximum atomic E-state index is 12.1. The summed E-state index contributed by atoms with van der Waals surface area (Å²) in [6.45, 7) is 0. The van der Waals surface area contributed by atoms with Crippen LogP contribution in [-0.2, 0) is 11.0 Å². The van der Waals surface area contributed by atoms with Gasteiger partial charge in [0.05, 0.1) is 11.3 Å². The molecule has 76 valence electrons. The van der Waals surface area contributed by atoms with Gasteiger partial charge >= 0.3 is 6.18 Å². The average Bonchev–Trinajstić information content (AvgIpc) is 2.04. The fourth-order valence-electron chi connectivity index (χ4n) is 0.804. The number of nitrogens with zero attached hydrogens (tertiary/aromatic N) is 1. The molecule has 1 rings (SSSR count). The summed E-state index contributed by atoms with van der Waals surface area (Å²) in [5.74, 6) is 0. The monoisotopic (exact) mass is 219 g/mol. The highest BCUT2D eigenvalue weighted by Gasteiger charge is 2.30. The molecule has 0 aliphatic heterocycles. The van der Waals surface area contributed by atoms with E-state index < -0.39 is 11.7 Å². The molecule has 0 amide bonds. The molecule has 0 unspecified atom stereocenters. The van der Waals surface area contributed by atoms with Crippen molar-refractivity contribution in [2.75, 3.05) is 0 Å². The van der Waals surface area contributed by atoms with Gasteiger partial charge in [-0.2, -0.15) is 18.2 Å². The lowest BCUT2D eigenvalue weighted by molar-refractivity contribution is -0.137. The Kier molecular flexibility index (Phi) is 4.26. The molecule has 0 atom stereocenters. The second kappa shape index (κ2) is 4.73. The van der Waals surface area contributed by atoms with Crippen LogP contribution in [0.5, 0.6) is 0 Å². The predicted octanol–water partition coefficient (Wildman–Crippen LogP) is 1.22. The van der Waals surface area contributed by atoms with E-state index in [1.807, 2.05) is 0 Å². The van der Waals surface area contributed by atoms with Crippen LogP contribution in [0.3, 0.4) is 0 Å². The van der Waals surface area contributed by atoms with Crippen LogP contribution in [0.1, 0.15) is 5.56 Å². The standard InChI is InChI=1S/C8H4F3NO.H4Si/c9-8(10,11)6-2-1-3-7(4-6)12-5-13;/h1-4H;1H4. The van der Waals surface area contributed by atoms with Gasteiger partial charge in [0.1, 0.15) is 0 Å². The van der Waals surface area contributed by atoms with Crippen molar-refractivity contribution >= 4 is 22.7 Å². The maximum Gasteiger partial charge on any atom is 0.416 e. The van der Waals surface area contributed by atoms with Crippen molar-refractivity contribution in [3.8, 4) is 0 Å². The number of hydrogen-bond donors (Lipinski definition) is 0. The predicted molar refractivity (Wildman–Crippen MR) is 50.6 cm³/mol. The minimum Gasteiger partial charge on any atom is -0.211 e. The third-order valence-corrected chi connectivity index (χ3v) is 1.35. The fraction of sp³-hybridized carbons (Fsp3) is 0.125. The number of benzene rings is 1. The molecule has 6 heteroatoms. The van der Waals surface area contributed by atoms with Crippen LogP contribution in [0.25, 0.3) is 0 Å². The summed E-state index contributed by atoms with van der Waals surface area (Å²) >= 11 is 0. The molecule has 0 aliphatic carbocycles. The highest BCUT2D eigenvalue weighted by Crippen LogP contribution is 2.31. The molecule has 0 fully saturated rings. The molecule has 0 aliphatic rings. The van der Waals surface area contributed by atoms with E-state index in [1.54, 1.807) is 0 Å². The van der Waals surface area contributed by atoms with Crippen molar-refractivity contribution in [3.05, 3.63) is 29.8 Å². The SMILES string of the molecule is O=C=Nc1cccc(C(F)(F)F)c1.[SiH4]. The normalized spacial score (nSPS) is 9.93. The van der Waals surface area contributed by atoms with Gasteiger partial charge in [0.15, 0.2) is 0 Å². The number of hydrogen-bond acceptors (Lipinski definition) is 2. The average molecular weight is 219 g/mol. The summed E-state index contributed by atoms with van der Waals surface area (Å²) < 4.78 is 36.2. The Balaban J connectivity index is 0.00000169. The lowest BCUT2D eigenvalue weighted by atomic mass is 10.2. The molecule has 0 saturated heterocycles. The lowest BCUT2D eigenvalue weighted by Gasteiger charge is -2.05. The Morgan fingerprint density at radius 3 is 2.43 bits per heavy atom. The van der Waals surface area contributed by atoms with E-state index in [-0.39, 0.29) is 16.7 Å². The summed E-state index contributed by atoms with van der Waals surface area (Å²) in [7, 11) is 0. The Morgan fingerprint density at radius 2 is 1.93 bits per heavy atom. The molecular formula is C8H8F3NOSi. The molecule has 1 aromatic rings. The molecule has 0 heterocycles. The molecule has 0 bridgehead atoms. The molecular weight excluding hydrogens is 211 g/mol. The number of rotatable bonds is 1.